The number of imidazole rings is 1. The molecule has 0 radical (unpaired) electrons. The van der Waals surface area contributed by atoms with Crippen LogP contribution in [0.1, 0.15) is 62.3 Å². The van der Waals surface area contributed by atoms with Gasteiger partial charge in [-0.2, -0.15) is 0 Å². The first kappa shape index (κ1) is 12.0. The molecule has 0 bridgehead atoms. The SMILES string of the molecule is CCCc1nc2c(n1C(C1CC1)C1CC1)CCNC2. The minimum atomic E-state index is 0.802. The second kappa shape index (κ2) is 4.62. The Labute approximate surface area is 115 Å². The average molecular weight is 259 g/mol. The normalized spacial score (nSPS) is 22.8. The Hall–Kier alpha value is -0.830. The molecule has 0 saturated heterocycles. The van der Waals surface area contributed by atoms with E-state index in [4.69, 9.17) is 4.98 Å². The Morgan fingerprint density at radius 3 is 2.63 bits per heavy atom. The first-order valence-electron chi connectivity index (χ1n) is 8.18. The summed E-state index contributed by atoms with van der Waals surface area (Å²) in [6.07, 6.45) is 9.38. The molecule has 3 aliphatic rings. The summed E-state index contributed by atoms with van der Waals surface area (Å²) in [4.78, 5) is 4.98. The van der Waals surface area contributed by atoms with Gasteiger partial charge in [-0.25, -0.2) is 4.98 Å². The summed E-state index contributed by atoms with van der Waals surface area (Å²) in [5.41, 5.74) is 2.92. The number of fused-ring (bicyclic) bond motifs is 1. The van der Waals surface area contributed by atoms with Gasteiger partial charge in [0.2, 0.25) is 0 Å². The summed E-state index contributed by atoms with van der Waals surface area (Å²) in [6.45, 7) is 4.40. The fraction of sp³-hybridized carbons (Fsp3) is 0.812. The van der Waals surface area contributed by atoms with E-state index in [2.05, 4.69) is 16.8 Å². The number of nitrogens with one attached hydrogen (secondary N) is 1. The summed E-state index contributed by atoms with van der Waals surface area (Å²) < 4.78 is 2.72. The van der Waals surface area contributed by atoms with E-state index >= 15 is 0 Å². The Morgan fingerprint density at radius 1 is 1.26 bits per heavy atom. The lowest BCUT2D eigenvalue weighted by molar-refractivity contribution is 0.369. The monoisotopic (exact) mass is 259 g/mol. The summed E-state index contributed by atoms with van der Waals surface area (Å²) in [7, 11) is 0. The van der Waals surface area contributed by atoms with Crippen LogP contribution in [0.5, 0.6) is 0 Å². The molecule has 1 aromatic rings. The highest BCUT2D eigenvalue weighted by molar-refractivity contribution is 5.23. The highest BCUT2D eigenvalue weighted by atomic mass is 15.2. The highest BCUT2D eigenvalue weighted by Crippen LogP contribution is 2.53. The second-order valence-electron chi connectivity index (χ2n) is 6.63. The quantitative estimate of drug-likeness (QED) is 0.881. The Kier molecular flexibility index (Phi) is 2.91. The molecule has 3 nitrogen and oxygen atoms in total. The van der Waals surface area contributed by atoms with E-state index in [9.17, 15) is 0 Å². The summed E-state index contributed by atoms with van der Waals surface area (Å²) in [5.74, 6) is 3.33. The van der Waals surface area contributed by atoms with E-state index in [0.29, 0.717) is 0 Å². The summed E-state index contributed by atoms with van der Waals surface area (Å²) in [5, 5.41) is 3.48. The van der Waals surface area contributed by atoms with Crippen molar-refractivity contribution in [2.75, 3.05) is 6.54 Å². The smallest absolute Gasteiger partial charge is 0.109 e. The Bertz CT molecular complexity index is 457. The van der Waals surface area contributed by atoms with E-state index in [1.807, 2.05) is 0 Å². The molecule has 3 heteroatoms. The van der Waals surface area contributed by atoms with Crippen LogP contribution in [0, 0.1) is 11.8 Å². The lowest BCUT2D eigenvalue weighted by atomic mass is 10.0. The number of rotatable bonds is 5. The predicted molar refractivity (Wildman–Crippen MR) is 76.1 cm³/mol. The maximum atomic E-state index is 4.98. The van der Waals surface area contributed by atoms with Crippen molar-refractivity contribution in [3.05, 3.63) is 17.2 Å². The van der Waals surface area contributed by atoms with Crippen LogP contribution in [0.25, 0.3) is 0 Å². The van der Waals surface area contributed by atoms with Crippen molar-refractivity contribution in [2.45, 2.75) is 64.5 Å². The van der Waals surface area contributed by atoms with Crippen LogP contribution in [0.15, 0.2) is 0 Å². The lowest BCUT2D eigenvalue weighted by Crippen LogP contribution is -2.27. The molecule has 0 spiro atoms. The van der Waals surface area contributed by atoms with Gasteiger partial charge in [0.15, 0.2) is 0 Å². The molecule has 0 aromatic carbocycles. The van der Waals surface area contributed by atoms with Gasteiger partial charge in [-0.1, -0.05) is 6.92 Å². The third-order valence-electron chi connectivity index (χ3n) is 4.98. The van der Waals surface area contributed by atoms with Gasteiger partial charge >= 0.3 is 0 Å². The molecule has 19 heavy (non-hydrogen) atoms. The predicted octanol–water partition coefficient (Wildman–Crippen LogP) is 2.84. The molecule has 2 heterocycles. The first-order valence-corrected chi connectivity index (χ1v) is 8.18. The third kappa shape index (κ3) is 2.12. The standard InChI is InChI=1S/C16H25N3/c1-2-3-15-18-13-10-17-9-8-14(13)19(15)16(11-4-5-11)12-6-7-12/h11-12,16-17H,2-10H2,1H3. The van der Waals surface area contributed by atoms with Crippen molar-refractivity contribution < 1.29 is 0 Å². The van der Waals surface area contributed by atoms with E-state index < -0.39 is 0 Å². The molecule has 2 aliphatic carbocycles. The maximum Gasteiger partial charge on any atom is 0.109 e. The van der Waals surface area contributed by atoms with Crippen LogP contribution >= 0.6 is 0 Å². The van der Waals surface area contributed by atoms with Crippen molar-refractivity contribution in [1.82, 2.24) is 14.9 Å². The fourth-order valence-electron chi connectivity index (χ4n) is 3.82. The van der Waals surface area contributed by atoms with E-state index in [0.717, 1.165) is 37.4 Å². The van der Waals surface area contributed by atoms with Gasteiger partial charge in [0.1, 0.15) is 5.82 Å². The van der Waals surface area contributed by atoms with Crippen LogP contribution < -0.4 is 5.32 Å². The minimum Gasteiger partial charge on any atom is -0.328 e. The number of hydrogen-bond acceptors (Lipinski definition) is 2. The molecular weight excluding hydrogens is 234 g/mol. The largest absolute Gasteiger partial charge is 0.328 e. The summed E-state index contributed by atoms with van der Waals surface area (Å²) in [6, 6.07) is 0.802. The minimum absolute atomic E-state index is 0.802. The van der Waals surface area contributed by atoms with Crippen molar-refractivity contribution >= 4 is 0 Å². The molecule has 0 amide bonds. The van der Waals surface area contributed by atoms with E-state index in [-0.39, 0.29) is 0 Å². The van der Waals surface area contributed by atoms with Crippen molar-refractivity contribution in [1.29, 1.82) is 0 Å². The van der Waals surface area contributed by atoms with Gasteiger partial charge in [-0.05, 0) is 43.9 Å². The first-order chi connectivity index (χ1) is 9.38. The molecule has 2 saturated carbocycles. The van der Waals surface area contributed by atoms with Crippen LogP contribution in [0.3, 0.4) is 0 Å². The lowest BCUT2D eigenvalue weighted by Gasteiger charge is -2.25. The van der Waals surface area contributed by atoms with Crippen molar-refractivity contribution in [2.24, 2.45) is 11.8 Å². The Balaban J connectivity index is 1.76. The van der Waals surface area contributed by atoms with E-state index in [1.54, 1.807) is 5.69 Å². The van der Waals surface area contributed by atoms with E-state index in [1.165, 1.54) is 50.0 Å². The zero-order valence-electron chi connectivity index (χ0n) is 12.0. The van der Waals surface area contributed by atoms with Gasteiger partial charge in [0.05, 0.1) is 5.69 Å². The number of aryl methyl sites for hydroxylation is 1. The molecular formula is C16H25N3. The van der Waals surface area contributed by atoms with Gasteiger partial charge in [-0.3, -0.25) is 0 Å². The fourth-order valence-corrected chi connectivity index (χ4v) is 3.82. The average Bonchev–Trinajstić information content (AvgIpc) is 3.31. The van der Waals surface area contributed by atoms with Crippen LogP contribution in [-0.2, 0) is 19.4 Å². The van der Waals surface area contributed by atoms with Crippen molar-refractivity contribution in [3.8, 4) is 0 Å². The van der Waals surface area contributed by atoms with Crippen molar-refractivity contribution in [3.63, 3.8) is 0 Å². The Morgan fingerprint density at radius 2 is 2.00 bits per heavy atom. The van der Waals surface area contributed by atoms with Crippen LogP contribution in [0.2, 0.25) is 0 Å². The van der Waals surface area contributed by atoms with Gasteiger partial charge in [-0.15, -0.1) is 0 Å². The number of nitrogens with zero attached hydrogens (tertiary/aromatic N) is 2. The molecule has 4 rings (SSSR count). The zero-order valence-corrected chi connectivity index (χ0v) is 12.0. The van der Waals surface area contributed by atoms with Gasteiger partial charge in [0, 0.05) is 37.7 Å². The summed E-state index contributed by atoms with van der Waals surface area (Å²) >= 11 is 0. The number of aromatic nitrogens is 2. The molecule has 1 aromatic heterocycles. The molecule has 1 N–H and O–H groups in total. The molecule has 0 unspecified atom stereocenters. The molecule has 104 valence electrons. The zero-order chi connectivity index (χ0) is 12.8. The number of hydrogen-bond donors (Lipinski definition) is 1. The van der Waals surface area contributed by atoms with Crippen LogP contribution in [0.4, 0.5) is 0 Å². The van der Waals surface area contributed by atoms with Gasteiger partial charge < -0.3 is 9.88 Å². The second-order valence-corrected chi connectivity index (χ2v) is 6.63. The molecule has 1 aliphatic heterocycles. The molecule has 2 fully saturated rings. The van der Waals surface area contributed by atoms with Crippen LogP contribution in [-0.4, -0.2) is 16.1 Å². The topological polar surface area (TPSA) is 29.9 Å². The van der Waals surface area contributed by atoms with Gasteiger partial charge in [0.25, 0.3) is 0 Å². The highest BCUT2D eigenvalue weighted by Gasteiger charge is 2.44. The molecule has 0 atom stereocenters. The third-order valence-corrected chi connectivity index (χ3v) is 4.98. The maximum absolute atomic E-state index is 4.98.